The van der Waals surface area contributed by atoms with Crippen molar-refractivity contribution in [3.05, 3.63) is 65.5 Å². The van der Waals surface area contributed by atoms with Crippen molar-refractivity contribution in [2.45, 2.75) is 26.9 Å². The zero-order valence-corrected chi connectivity index (χ0v) is 16.9. The van der Waals surface area contributed by atoms with Gasteiger partial charge >= 0.3 is 0 Å². The summed E-state index contributed by atoms with van der Waals surface area (Å²) in [5.74, 6) is 1.79. The maximum Gasteiger partial charge on any atom is 0.226 e. The predicted molar refractivity (Wildman–Crippen MR) is 113 cm³/mol. The van der Waals surface area contributed by atoms with Crippen LogP contribution in [0.25, 0.3) is 11.5 Å². The fourth-order valence-corrected chi connectivity index (χ4v) is 2.74. The fraction of sp³-hybridized carbons (Fsp3) is 0.273. The number of hydrogen-bond acceptors (Lipinski definition) is 5. The van der Waals surface area contributed by atoms with Crippen LogP contribution in [-0.2, 0) is 13.1 Å². The van der Waals surface area contributed by atoms with Gasteiger partial charge in [0.05, 0.1) is 25.9 Å². The number of aromatic hydroxyl groups is 1. The topological polar surface area (TPSA) is 91.9 Å². The Bertz CT molecular complexity index is 964. The molecule has 0 saturated carbocycles. The van der Waals surface area contributed by atoms with Crippen molar-refractivity contribution in [1.29, 1.82) is 0 Å². The lowest BCUT2D eigenvalue weighted by atomic mass is 10.1. The van der Waals surface area contributed by atoms with Crippen molar-refractivity contribution >= 4 is 5.96 Å². The van der Waals surface area contributed by atoms with Crippen LogP contribution < -0.4 is 15.4 Å². The van der Waals surface area contributed by atoms with Crippen molar-refractivity contribution in [2.24, 2.45) is 4.99 Å². The first-order valence-electron chi connectivity index (χ1n) is 9.48. The summed E-state index contributed by atoms with van der Waals surface area (Å²) < 4.78 is 10.7. The number of aliphatic imine (C=N–C) groups is 1. The van der Waals surface area contributed by atoms with E-state index >= 15 is 0 Å². The molecule has 0 aliphatic heterocycles. The number of nitrogens with zero attached hydrogens (tertiary/aromatic N) is 2. The maximum absolute atomic E-state index is 9.90. The summed E-state index contributed by atoms with van der Waals surface area (Å²) in [6.45, 7) is 5.67. The molecule has 0 spiro atoms. The summed E-state index contributed by atoms with van der Waals surface area (Å²) in [6.07, 6.45) is 1.65. The van der Waals surface area contributed by atoms with Gasteiger partial charge in [0.15, 0.2) is 17.5 Å². The minimum Gasteiger partial charge on any atom is -0.504 e. The summed E-state index contributed by atoms with van der Waals surface area (Å²) in [6, 6.07) is 13.3. The number of oxazole rings is 1. The average molecular weight is 394 g/mol. The number of aryl methyl sites for hydroxylation is 1. The van der Waals surface area contributed by atoms with Gasteiger partial charge in [0.2, 0.25) is 5.89 Å². The molecule has 7 heteroatoms. The molecule has 0 bridgehead atoms. The number of benzene rings is 2. The van der Waals surface area contributed by atoms with Crippen LogP contribution >= 0.6 is 0 Å². The second-order valence-corrected chi connectivity index (χ2v) is 6.56. The zero-order valence-electron chi connectivity index (χ0n) is 16.9. The molecule has 2 aromatic carbocycles. The fourth-order valence-electron chi connectivity index (χ4n) is 2.74. The molecular weight excluding hydrogens is 368 g/mol. The van der Waals surface area contributed by atoms with Gasteiger partial charge < -0.3 is 24.9 Å². The highest BCUT2D eigenvalue weighted by atomic mass is 16.5. The Kier molecular flexibility index (Phi) is 6.73. The van der Waals surface area contributed by atoms with Gasteiger partial charge in [-0.25, -0.2) is 9.98 Å². The van der Waals surface area contributed by atoms with Crippen LogP contribution in [0.15, 0.2) is 58.1 Å². The second-order valence-electron chi connectivity index (χ2n) is 6.56. The summed E-state index contributed by atoms with van der Waals surface area (Å²) in [5.41, 5.74) is 3.80. The third-order valence-electron chi connectivity index (χ3n) is 4.29. The minimum atomic E-state index is 0.101. The molecule has 3 aromatic rings. The first-order chi connectivity index (χ1) is 14.1. The first-order valence-corrected chi connectivity index (χ1v) is 9.48. The van der Waals surface area contributed by atoms with E-state index in [-0.39, 0.29) is 5.75 Å². The van der Waals surface area contributed by atoms with Crippen molar-refractivity contribution in [3.63, 3.8) is 0 Å². The van der Waals surface area contributed by atoms with Gasteiger partial charge in [-0.15, -0.1) is 0 Å². The molecule has 3 rings (SSSR count). The van der Waals surface area contributed by atoms with E-state index in [2.05, 4.69) is 20.6 Å². The van der Waals surface area contributed by atoms with Crippen molar-refractivity contribution in [2.75, 3.05) is 13.7 Å². The van der Waals surface area contributed by atoms with E-state index in [1.165, 1.54) is 12.7 Å². The molecule has 0 atom stereocenters. The van der Waals surface area contributed by atoms with E-state index in [4.69, 9.17) is 9.15 Å². The van der Waals surface area contributed by atoms with Gasteiger partial charge in [-0.05, 0) is 43.7 Å². The van der Waals surface area contributed by atoms with Crippen LogP contribution in [0.1, 0.15) is 23.7 Å². The first kappa shape index (κ1) is 20.3. The molecule has 0 fully saturated rings. The van der Waals surface area contributed by atoms with Gasteiger partial charge in [0.1, 0.15) is 6.26 Å². The normalized spacial score (nSPS) is 11.3. The average Bonchev–Trinajstić information content (AvgIpc) is 3.20. The summed E-state index contributed by atoms with van der Waals surface area (Å²) in [4.78, 5) is 9.09. The number of phenols is 1. The molecule has 1 aromatic heterocycles. The maximum atomic E-state index is 9.90. The number of rotatable bonds is 7. The molecule has 0 amide bonds. The van der Waals surface area contributed by atoms with E-state index in [0.717, 1.165) is 23.4 Å². The predicted octanol–water partition coefficient (Wildman–Crippen LogP) is 3.62. The minimum absolute atomic E-state index is 0.101. The van der Waals surface area contributed by atoms with Crippen LogP contribution in [-0.4, -0.2) is 29.7 Å². The number of ether oxygens (including phenoxy) is 1. The summed E-state index contributed by atoms with van der Waals surface area (Å²) >= 11 is 0. The monoisotopic (exact) mass is 394 g/mol. The highest BCUT2D eigenvalue weighted by Crippen LogP contribution is 2.26. The molecule has 3 N–H and O–H groups in total. The van der Waals surface area contributed by atoms with Crippen molar-refractivity contribution in [3.8, 4) is 23.0 Å². The highest BCUT2D eigenvalue weighted by molar-refractivity contribution is 5.79. The number of phenolic OH excluding ortho intramolecular Hbond substituents is 1. The Labute approximate surface area is 170 Å². The molecular formula is C22H26N4O3. The van der Waals surface area contributed by atoms with Gasteiger partial charge in [-0.1, -0.05) is 23.8 Å². The lowest BCUT2D eigenvalue weighted by Gasteiger charge is -2.10. The van der Waals surface area contributed by atoms with E-state index < -0.39 is 0 Å². The molecule has 1 heterocycles. The van der Waals surface area contributed by atoms with Gasteiger partial charge in [-0.2, -0.15) is 0 Å². The number of methoxy groups -OCH3 is 1. The third-order valence-corrected chi connectivity index (χ3v) is 4.29. The summed E-state index contributed by atoms with van der Waals surface area (Å²) in [5, 5.41) is 16.3. The molecule has 7 nitrogen and oxygen atoms in total. The number of hydrogen-bond donors (Lipinski definition) is 3. The third kappa shape index (κ3) is 5.51. The molecule has 152 valence electrons. The van der Waals surface area contributed by atoms with E-state index in [9.17, 15) is 5.11 Å². The lowest BCUT2D eigenvalue weighted by molar-refractivity contribution is 0.373. The Morgan fingerprint density at radius 2 is 1.97 bits per heavy atom. The zero-order chi connectivity index (χ0) is 20.6. The number of nitrogens with one attached hydrogen (secondary N) is 2. The largest absolute Gasteiger partial charge is 0.504 e. The van der Waals surface area contributed by atoms with Crippen LogP contribution in [0.5, 0.6) is 11.5 Å². The SMILES string of the molecule is CCNC(=NCc1ccc(OC)c(O)c1)NCc1coc(-c2ccc(C)cc2)n1. The van der Waals surface area contributed by atoms with E-state index in [1.807, 2.05) is 44.2 Å². The molecule has 0 aliphatic rings. The van der Waals surface area contributed by atoms with Crippen molar-refractivity contribution < 1.29 is 14.3 Å². The highest BCUT2D eigenvalue weighted by Gasteiger charge is 2.08. The van der Waals surface area contributed by atoms with Gasteiger partial charge in [0.25, 0.3) is 0 Å². The molecule has 29 heavy (non-hydrogen) atoms. The Morgan fingerprint density at radius 3 is 2.66 bits per heavy atom. The van der Waals surface area contributed by atoms with Crippen LogP contribution in [0, 0.1) is 6.92 Å². The smallest absolute Gasteiger partial charge is 0.226 e. The Balaban J connectivity index is 1.62. The van der Waals surface area contributed by atoms with Gasteiger partial charge in [0, 0.05) is 12.1 Å². The van der Waals surface area contributed by atoms with Crippen LogP contribution in [0.3, 0.4) is 0 Å². The molecule has 0 unspecified atom stereocenters. The second kappa shape index (κ2) is 9.64. The number of guanidine groups is 1. The molecule has 0 aliphatic carbocycles. The van der Waals surface area contributed by atoms with E-state index in [0.29, 0.717) is 30.7 Å². The molecule has 0 radical (unpaired) electrons. The number of aromatic nitrogens is 1. The standard InChI is InChI=1S/C22H26N4O3/c1-4-23-22(24-12-16-7-10-20(28-3)19(27)11-16)25-13-18-14-29-21(26-18)17-8-5-15(2)6-9-17/h5-11,14,27H,4,12-13H2,1-3H3,(H2,23,24,25). The van der Waals surface area contributed by atoms with E-state index in [1.54, 1.807) is 18.4 Å². The van der Waals surface area contributed by atoms with Gasteiger partial charge in [-0.3, -0.25) is 0 Å². The summed E-state index contributed by atoms with van der Waals surface area (Å²) in [7, 11) is 1.52. The Morgan fingerprint density at radius 1 is 1.17 bits per heavy atom. The van der Waals surface area contributed by atoms with Crippen molar-refractivity contribution in [1.82, 2.24) is 15.6 Å². The van der Waals surface area contributed by atoms with Crippen LogP contribution in [0.4, 0.5) is 0 Å². The lowest BCUT2D eigenvalue weighted by Crippen LogP contribution is -2.36. The quantitative estimate of drug-likeness (QED) is 0.419. The Hall–Kier alpha value is -3.48. The molecule has 0 saturated heterocycles. The van der Waals surface area contributed by atoms with Crippen LogP contribution in [0.2, 0.25) is 0 Å².